The Morgan fingerprint density at radius 3 is 1.80 bits per heavy atom. The molecular weight excluding hydrogens is 914 g/mol. The Bertz CT molecular complexity index is 2510. The average molecular weight is 963 g/mol. The van der Waals surface area contributed by atoms with E-state index in [0.717, 1.165) is 22.3 Å². The number of ether oxygens (including phenoxy) is 8. The first-order chi connectivity index (χ1) is 33.9. The largest absolute Gasteiger partial charge is 0.700 e. The zero-order chi connectivity index (χ0) is 47.8. The van der Waals surface area contributed by atoms with E-state index < -0.39 is 80.8 Å². The molecule has 0 aromatic heterocycles. The number of hydrogen-bond donors (Lipinski definition) is 0. The van der Waals surface area contributed by atoms with Crippen LogP contribution >= 0.6 is 8.25 Å². The van der Waals surface area contributed by atoms with E-state index in [4.69, 9.17) is 46.9 Å². The van der Waals surface area contributed by atoms with E-state index in [1.165, 1.54) is 12.1 Å². The summed E-state index contributed by atoms with van der Waals surface area (Å²) >= 11 is 0. The van der Waals surface area contributed by atoms with Crippen LogP contribution in [0.3, 0.4) is 0 Å². The van der Waals surface area contributed by atoms with Crippen LogP contribution in [0.1, 0.15) is 34.1 Å². The summed E-state index contributed by atoms with van der Waals surface area (Å²) in [5.41, 5.74) is 23.8. The Morgan fingerprint density at radius 2 is 1.20 bits per heavy atom. The molecule has 3 heterocycles. The standard InChI is InChI=1S/C48H49N7O13P/c49-53-51-40-44(62-29-35-17-9-3-10-18-35)42(61-28-34-15-7-2-8-16-34)38(30-59-27-33-13-5-1-6-14-33)65-48(40)68-69(58)67-45-41(52-54-50)47(60-26-25-32-21-23-37(24-22-32)55(56)57)64-39-31-63-46(66-43(39)45)36-19-11-4-12-20-36/h1-24,38-48H,25-31H2/q+1/t38-,39-,40-,41-,42+,43-,44-,45-,46?,47-,48?/m1/s1. The maximum Gasteiger partial charge on any atom is 0.700 e. The maximum absolute atomic E-state index is 14.5. The molecule has 3 fully saturated rings. The molecule has 3 aliphatic heterocycles. The van der Waals surface area contributed by atoms with Gasteiger partial charge in [-0.25, -0.2) is 0 Å². The van der Waals surface area contributed by atoms with Gasteiger partial charge in [-0.2, -0.15) is 0 Å². The van der Waals surface area contributed by atoms with Crippen molar-refractivity contribution < 1.29 is 56.4 Å². The molecule has 0 saturated carbocycles. The first kappa shape index (κ1) is 49.2. The van der Waals surface area contributed by atoms with Gasteiger partial charge in [-0.1, -0.05) is 148 Å². The van der Waals surface area contributed by atoms with Gasteiger partial charge in [-0.05, 0) is 39.7 Å². The Hall–Kier alpha value is -6.18. The summed E-state index contributed by atoms with van der Waals surface area (Å²) in [6.07, 6.45) is -9.55. The zero-order valence-corrected chi connectivity index (χ0v) is 37.9. The second kappa shape index (κ2) is 24.9. The lowest BCUT2D eigenvalue weighted by atomic mass is 9.96. The van der Waals surface area contributed by atoms with E-state index in [2.05, 4.69) is 20.1 Å². The molecule has 5 aromatic carbocycles. The number of fused-ring (bicyclic) bond motifs is 1. The summed E-state index contributed by atoms with van der Waals surface area (Å²) in [6.45, 7) is 0.398. The van der Waals surface area contributed by atoms with Crippen LogP contribution in [-0.4, -0.2) is 86.0 Å². The Balaban J connectivity index is 1.06. The summed E-state index contributed by atoms with van der Waals surface area (Å²) in [4.78, 5) is 16.9. The minimum atomic E-state index is -3.24. The van der Waals surface area contributed by atoms with Crippen LogP contribution in [0.4, 0.5) is 5.69 Å². The van der Waals surface area contributed by atoms with Crippen molar-refractivity contribution >= 4 is 13.9 Å². The molecular formula is C48H49N7O13P+. The number of nitrogens with zero attached hydrogens (tertiary/aromatic N) is 7. The van der Waals surface area contributed by atoms with Crippen molar-refractivity contribution in [2.24, 2.45) is 10.2 Å². The molecule has 5 aromatic rings. The van der Waals surface area contributed by atoms with Crippen LogP contribution in [0.2, 0.25) is 0 Å². The predicted octanol–water partition coefficient (Wildman–Crippen LogP) is 9.52. The van der Waals surface area contributed by atoms with Crippen molar-refractivity contribution in [2.75, 3.05) is 19.8 Å². The Kier molecular flexibility index (Phi) is 17.8. The molecule has 0 aliphatic carbocycles. The smallest absolute Gasteiger partial charge is 0.374 e. The molecule has 12 atom stereocenters. The number of nitro groups is 1. The van der Waals surface area contributed by atoms with Crippen molar-refractivity contribution in [3.63, 3.8) is 0 Å². The number of benzene rings is 5. The molecule has 3 unspecified atom stereocenters. The molecule has 0 bridgehead atoms. The van der Waals surface area contributed by atoms with Gasteiger partial charge in [0, 0.05) is 32.1 Å². The number of hydrogen-bond acceptors (Lipinski definition) is 15. The third kappa shape index (κ3) is 13.3. The van der Waals surface area contributed by atoms with Crippen LogP contribution < -0.4 is 0 Å². The summed E-state index contributed by atoms with van der Waals surface area (Å²) in [5, 5.41) is 19.3. The van der Waals surface area contributed by atoms with E-state index >= 15 is 0 Å². The molecule has 0 N–H and O–H groups in total. The molecule has 358 valence electrons. The Labute approximate surface area is 397 Å². The fourth-order valence-electron chi connectivity index (χ4n) is 8.15. The van der Waals surface area contributed by atoms with Gasteiger partial charge in [-0.15, -0.1) is 4.52 Å². The van der Waals surface area contributed by atoms with E-state index in [1.54, 1.807) is 12.1 Å². The van der Waals surface area contributed by atoms with Gasteiger partial charge in [0.1, 0.15) is 42.6 Å². The van der Waals surface area contributed by atoms with Gasteiger partial charge in [-0.3, -0.25) is 10.1 Å². The van der Waals surface area contributed by atoms with Crippen LogP contribution in [0.15, 0.2) is 156 Å². The lowest BCUT2D eigenvalue weighted by Crippen LogP contribution is -2.62. The highest BCUT2D eigenvalue weighted by molar-refractivity contribution is 7.33. The topological polar surface area (TPSA) is 250 Å². The summed E-state index contributed by atoms with van der Waals surface area (Å²) in [7, 11) is -3.24. The number of non-ortho nitro benzene ring substituents is 1. The molecule has 3 aliphatic rings. The van der Waals surface area contributed by atoms with Gasteiger partial charge in [0.15, 0.2) is 18.7 Å². The monoisotopic (exact) mass is 962 g/mol. The van der Waals surface area contributed by atoms with Gasteiger partial charge in [0.25, 0.3) is 5.69 Å². The molecule has 20 nitrogen and oxygen atoms in total. The van der Waals surface area contributed by atoms with Crippen molar-refractivity contribution in [3.8, 4) is 0 Å². The number of nitro benzene ring substituents is 1. The second-order valence-corrected chi connectivity index (χ2v) is 17.0. The summed E-state index contributed by atoms with van der Waals surface area (Å²) in [6, 6.07) is 40.9. The fourth-order valence-corrected chi connectivity index (χ4v) is 8.99. The highest BCUT2D eigenvalue weighted by atomic mass is 31.1. The van der Waals surface area contributed by atoms with Crippen molar-refractivity contribution in [2.45, 2.75) is 93.8 Å². The van der Waals surface area contributed by atoms with E-state index in [9.17, 15) is 25.7 Å². The number of azide groups is 2. The van der Waals surface area contributed by atoms with Gasteiger partial charge < -0.3 is 37.9 Å². The highest BCUT2D eigenvalue weighted by Crippen LogP contribution is 2.43. The maximum atomic E-state index is 14.5. The molecule has 0 spiro atoms. The lowest BCUT2D eigenvalue weighted by molar-refractivity contribution is -0.384. The predicted molar refractivity (Wildman–Crippen MR) is 246 cm³/mol. The van der Waals surface area contributed by atoms with Crippen molar-refractivity contribution in [1.29, 1.82) is 0 Å². The molecule has 21 heteroatoms. The van der Waals surface area contributed by atoms with Gasteiger partial charge in [0.2, 0.25) is 6.29 Å². The minimum absolute atomic E-state index is 0.0207. The first-order valence-electron chi connectivity index (χ1n) is 22.2. The van der Waals surface area contributed by atoms with Gasteiger partial charge in [0.05, 0.1) is 44.6 Å². The van der Waals surface area contributed by atoms with Crippen LogP contribution in [0.5, 0.6) is 0 Å². The van der Waals surface area contributed by atoms with Crippen molar-refractivity contribution in [3.05, 3.63) is 204 Å². The average Bonchev–Trinajstić information content (AvgIpc) is 3.38. The molecule has 0 radical (unpaired) electrons. The summed E-state index contributed by atoms with van der Waals surface area (Å²) < 4.78 is 77.7. The molecule has 3 saturated heterocycles. The minimum Gasteiger partial charge on any atom is -0.374 e. The number of rotatable bonds is 22. The van der Waals surface area contributed by atoms with E-state index in [1.807, 2.05) is 121 Å². The van der Waals surface area contributed by atoms with Crippen LogP contribution in [0, 0.1) is 10.1 Å². The van der Waals surface area contributed by atoms with Crippen LogP contribution in [-0.2, 0) is 77.7 Å². The normalized spacial score (nSPS) is 26.7. The third-order valence-electron chi connectivity index (χ3n) is 11.5. The van der Waals surface area contributed by atoms with Gasteiger partial charge >= 0.3 is 8.25 Å². The zero-order valence-electron chi connectivity index (χ0n) is 37.0. The van der Waals surface area contributed by atoms with Crippen LogP contribution in [0.25, 0.3) is 20.9 Å². The SMILES string of the molecule is [N-]=[N+]=N[C@H]1[C@H](OCCc2ccc([N+](=O)[O-])cc2)O[C@@H]2COC(c3ccccc3)O[C@H]2[C@@H]1O[P+](=O)OC1O[C@H](COCc2ccccc2)[C@H](OCc2ccccc2)[C@H](OCc2ccccc2)[C@H]1N=[N+]=[N-]. The van der Waals surface area contributed by atoms with E-state index in [-0.39, 0.29) is 45.3 Å². The lowest BCUT2D eigenvalue weighted by Gasteiger charge is -2.46. The summed E-state index contributed by atoms with van der Waals surface area (Å²) in [5.74, 6) is 0. The molecule has 8 rings (SSSR count). The highest BCUT2D eigenvalue weighted by Gasteiger charge is 2.57. The quantitative estimate of drug-likeness (QED) is 0.0157. The fraction of sp³-hybridized carbons (Fsp3) is 0.375. The third-order valence-corrected chi connectivity index (χ3v) is 12.3. The first-order valence-corrected chi connectivity index (χ1v) is 23.3. The Morgan fingerprint density at radius 1 is 0.638 bits per heavy atom. The van der Waals surface area contributed by atoms with E-state index in [0.29, 0.717) is 12.0 Å². The molecule has 0 amide bonds. The molecule has 69 heavy (non-hydrogen) atoms. The second-order valence-electron chi connectivity index (χ2n) is 16.1. The van der Waals surface area contributed by atoms with Crippen molar-refractivity contribution in [1.82, 2.24) is 0 Å².